The number of ether oxygens (including phenoxy) is 2. The van der Waals surface area contributed by atoms with Gasteiger partial charge in [0, 0.05) is 31.3 Å². The predicted molar refractivity (Wildman–Crippen MR) is 131 cm³/mol. The van der Waals surface area contributed by atoms with Gasteiger partial charge < -0.3 is 20.5 Å². The van der Waals surface area contributed by atoms with Gasteiger partial charge in [-0.2, -0.15) is 0 Å². The summed E-state index contributed by atoms with van der Waals surface area (Å²) in [6, 6.07) is 15.5. The molecule has 0 unspecified atom stereocenters. The number of nitrogens with two attached hydrogens (primary N) is 1. The van der Waals surface area contributed by atoms with Crippen LogP contribution in [0, 0.1) is 0 Å². The van der Waals surface area contributed by atoms with Crippen molar-refractivity contribution in [2.75, 3.05) is 37.7 Å². The normalized spacial score (nSPS) is 8.94. The number of alkyl halides is 2. The minimum Gasteiger partial charge on any atom is -0.469 e. The van der Waals surface area contributed by atoms with E-state index in [1.807, 2.05) is 55.6 Å². The SMILES string of the molecule is C.CNc1ccc(CCC(=O)OC)cc1.COC(=O)CCc1ccc(N)cc1.ClCCl. The van der Waals surface area contributed by atoms with Crippen LogP contribution in [0.3, 0.4) is 0 Å². The fourth-order valence-electron chi connectivity index (χ4n) is 2.22. The highest BCUT2D eigenvalue weighted by Gasteiger charge is 2.01. The number of aryl methyl sites for hydroxylation is 2. The van der Waals surface area contributed by atoms with Crippen LogP contribution in [0.15, 0.2) is 48.5 Å². The van der Waals surface area contributed by atoms with Gasteiger partial charge in [-0.3, -0.25) is 9.59 Å². The van der Waals surface area contributed by atoms with Crippen molar-refractivity contribution in [3.63, 3.8) is 0 Å². The van der Waals surface area contributed by atoms with Gasteiger partial charge in [0.2, 0.25) is 0 Å². The molecule has 174 valence electrons. The number of methoxy groups -OCH3 is 2. The molecule has 0 atom stereocenters. The summed E-state index contributed by atoms with van der Waals surface area (Å²) in [6.45, 7) is 0. The largest absolute Gasteiger partial charge is 0.469 e. The van der Waals surface area contributed by atoms with E-state index in [9.17, 15) is 9.59 Å². The van der Waals surface area contributed by atoms with E-state index >= 15 is 0 Å². The second-order valence-electron chi connectivity index (χ2n) is 5.94. The average Bonchev–Trinajstić information content (AvgIpc) is 2.78. The van der Waals surface area contributed by atoms with Crippen LogP contribution < -0.4 is 11.1 Å². The maximum atomic E-state index is 10.9. The molecule has 8 heteroatoms. The number of esters is 2. The molecule has 6 nitrogen and oxygen atoms in total. The van der Waals surface area contributed by atoms with Gasteiger partial charge in [-0.15, -0.1) is 23.2 Å². The molecule has 0 aromatic heterocycles. The third kappa shape index (κ3) is 16.0. The lowest BCUT2D eigenvalue weighted by atomic mass is 10.1. The van der Waals surface area contributed by atoms with Crippen molar-refractivity contribution in [3.05, 3.63) is 59.7 Å². The molecule has 0 aliphatic rings. The summed E-state index contributed by atoms with van der Waals surface area (Å²) < 4.78 is 9.10. The number of anilines is 2. The monoisotopic (exact) mass is 472 g/mol. The lowest BCUT2D eigenvalue weighted by molar-refractivity contribution is -0.141. The highest BCUT2D eigenvalue weighted by molar-refractivity contribution is 6.40. The predicted octanol–water partition coefficient (Wildman–Crippen LogP) is 5.27. The fourth-order valence-corrected chi connectivity index (χ4v) is 2.22. The van der Waals surface area contributed by atoms with Crippen molar-refractivity contribution in [1.29, 1.82) is 0 Å². The number of carbonyl (C=O) groups excluding carboxylic acids is 2. The Kier molecular flexibility index (Phi) is 19.4. The molecule has 0 aliphatic carbocycles. The molecular weight excluding hydrogens is 439 g/mol. The van der Waals surface area contributed by atoms with Crippen molar-refractivity contribution in [3.8, 4) is 0 Å². The quantitative estimate of drug-likeness (QED) is 0.324. The molecule has 0 bridgehead atoms. The van der Waals surface area contributed by atoms with Gasteiger partial charge in [0.15, 0.2) is 0 Å². The zero-order chi connectivity index (χ0) is 22.8. The molecule has 0 heterocycles. The molecule has 3 N–H and O–H groups in total. The Morgan fingerprint density at radius 1 is 0.839 bits per heavy atom. The molecule has 31 heavy (non-hydrogen) atoms. The molecule has 0 radical (unpaired) electrons. The van der Waals surface area contributed by atoms with Crippen LogP contribution in [0.4, 0.5) is 11.4 Å². The van der Waals surface area contributed by atoms with E-state index in [0.29, 0.717) is 19.3 Å². The minimum absolute atomic E-state index is 0. The second kappa shape index (κ2) is 19.5. The molecule has 0 fully saturated rings. The first kappa shape index (κ1) is 30.8. The van der Waals surface area contributed by atoms with Gasteiger partial charge in [-0.05, 0) is 48.2 Å². The van der Waals surface area contributed by atoms with Crippen LogP contribution in [0.2, 0.25) is 0 Å². The van der Waals surface area contributed by atoms with Crippen molar-refractivity contribution in [2.45, 2.75) is 33.1 Å². The molecule has 0 saturated heterocycles. The maximum absolute atomic E-state index is 10.9. The van der Waals surface area contributed by atoms with Crippen LogP contribution >= 0.6 is 23.2 Å². The zero-order valence-corrected chi connectivity index (χ0v) is 19.1. The summed E-state index contributed by atoms with van der Waals surface area (Å²) in [5, 5.41) is 3.23. The number of halogens is 2. The van der Waals surface area contributed by atoms with Crippen LogP contribution in [-0.2, 0) is 31.9 Å². The van der Waals surface area contributed by atoms with E-state index in [0.717, 1.165) is 28.9 Å². The molecule has 0 spiro atoms. The maximum Gasteiger partial charge on any atom is 0.305 e. The third-order valence-electron chi connectivity index (χ3n) is 3.91. The smallest absolute Gasteiger partial charge is 0.305 e. The summed E-state index contributed by atoms with van der Waals surface area (Å²) in [5.41, 5.74) is 9.58. The number of hydrogen-bond donors (Lipinski definition) is 2. The Hall–Kier alpha value is -2.44. The summed E-state index contributed by atoms with van der Waals surface area (Å²) >= 11 is 9.53. The Bertz CT molecular complexity index is 723. The number of rotatable bonds is 7. The van der Waals surface area contributed by atoms with Crippen LogP contribution in [-0.4, -0.2) is 38.5 Å². The molecule has 0 amide bonds. The highest BCUT2D eigenvalue weighted by Crippen LogP contribution is 2.10. The van der Waals surface area contributed by atoms with Crippen LogP contribution in [0.25, 0.3) is 0 Å². The van der Waals surface area contributed by atoms with Crippen molar-refractivity contribution < 1.29 is 19.1 Å². The van der Waals surface area contributed by atoms with E-state index < -0.39 is 0 Å². The lowest BCUT2D eigenvalue weighted by Crippen LogP contribution is -2.01. The van der Waals surface area contributed by atoms with E-state index in [2.05, 4.69) is 14.8 Å². The molecule has 2 rings (SSSR count). The lowest BCUT2D eigenvalue weighted by Gasteiger charge is -2.02. The summed E-state index contributed by atoms with van der Waals surface area (Å²) in [5.74, 6) is -0.348. The molecule has 0 aliphatic heterocycles. The molecule has 2 aromatic rings. The van der Waals surface area contributed by atoms with E-state index in [1.54, 1.807) is 0 Å². The molecular formula is C23H34Cl2N2O4. The zero-order valence-electron chi connectivity index (χ0n) is 17.6. The van der Waals surface area contributed by atoms with Crippen LogP contribution in [0.5, 0.6) is 0 Å². The molecule has 2 aromatic carbocycles. The third-order valence-corrected chi connectivity index (χ3v) is 3.91. The highest BCUT2D eigenvalue weighted by atomic mass is 35.5. The topological polar surface area (TPSA) is 90.6 Å². The number of benzene rings is 2. The molecule has 0 saturated carbocycles. The van der Waals surface area contributed by atoms with E-state index in [1.165, 1.54) is 14.2 Å². The van der Waals surface area contributed by atoms with Gasteiger partial charge >= 0.3 is 11.9 Å². The van der Waals surface area contributed by atoms with Crippen molar-refractivity contribution in [1.82, 2.24) is 0 Å². The number of carbonyl (C=O) groups is 2. The van der Waals surface area contributed by atoms with Crippen molar-refractivity contribution in [2.24, 2.45) is 0 Å². The standard InChI is InChI=1S/C11H15NO2.C10H13NO2.CH2Cl2.CH4/c1-12-10-6-3-9(4-7-10)5-8-11(13)14-2;1-13-10(12)7-4-8-2-5-9(11)6-3-8;2-1-3;/h3-4,6-7,12H,5,8H2,1-2H3;2-3,5-6H,4,7,11H2,1H3;1H2;1H4. The van der Waals surface area contributed by atoms with Gasteiger partial charge in [0.05, 0.1) is 19.6 Å². The summed E-state index contributed by atoms with van der Waals surface area (Å²) in [6.07, 6.45) is 2.29. The number of nitrogen functional groups attached to an aromatic ring is 1. The Balaban J connectivity index is 0. The second-order valence-corrected chi connectivity index (χ2v) is 6.75. The summed E-state index contributed by atoms with van der Waals surface area (Å²) in [4.78, 5) is 21.7. The fraction of sp³-hybridized carbons (Fsp3) is 0.391. The summed E-state index contributed by atoms with van der Waals surface area (Å²) in [7, 11) is 4.68. The first-order valence-corrected chi connectivity index (χ1v) is 10.3. The first-order chi connectivity index (χ1) is 14.4. The van der Waals surface area contributed by atoms with Gasteiger partial charge in [0.1, 0.15) is 0 Å². The number of nitrogens with one attached hydrogen (secondary N) is 1. The Morgan fingerprint density at radius 3 is 1.52 bits per heavy atom. The van der Waals surface area contributed by atoms with Gasteiger partial charge in [-0.25, -0.2) is 0 Å². The van der Waals surface area contributed by atoms with E-state index in [-0.39, 0.29) is 24.7 Å². The average molecular weight is 473 g/mol. The van der Waals surface area contributed by atoms with E-state index in [4.69, 9.17) is 28.9 Å². The minimum atomic E-state index is -0.183. The van der Waals surface area contributed by atoms with Gasteiger partial charge in [-0.1, -0.05) is 31.7 Å². The first-order valence-electron chi connectivity index (χ1n) is 9.26. The van der Waals surface area contributed by atoms with Crippen molar-refractivity contribution >= 4 is 46.5 Å². The van der Waals surface area contributed by atoms with Crippen LogP contribution in [0.1, 0.15) is 31.4 Å². The van der Waals surface area contributed by atoms with Gasteiger partial charge in [0.25, 0.3) is 0 Å². The Morgan fingerprint density at radius 2 is 1.19 bits per heavy atom. The number of hydrogen-bond acceptors (Lipinski definition) is 6. The Labute approximate surface area is 196 Å².